The van der Waals surface area contributed by atoms with Crippen LogP contribution in [-0.4, -0.2) is 26.2 Å². The zero-order valence-electron chi connectivity index (χ0n) is 15.7. The van der Waals surface area contributed by atoms with Gasteiger partial charge in [-0.1, -0.05) is 23.7 Å². The predicted molar refractivity (Wildman–Crippen MR) is 111 cm³/mol. The van der Waals surface area contributed by atoms with Crippen molar-refractivity contribution in [2.45, 2.75) is 6.10 Å². The van der Waals surface area contributed by atoms with E-state index >= 15 is 0 Å². The monoisotopic (exact) mass is 407 g/mol. The van der Waals surface area contributed by atoms with Gasteiger partial charge in [-0.05, 0) is 48.0 Å². The van der Waals surface area contributed by atoms with Crippen LogP contribution in [-0.2, 0) is 4.74 Å². The molecule has 2 aliphatic heterocycles. The number of benzene rings is 3. The molecule has 1 unspecified atom stereocenters. The van der Waals surface area contributed by atoms with E-state index in [1.54, 1.807) is 7.11 Å². The molecular weight excluding hydrogens is 390 g/mol. The molecular formula is C23H18ClNO4. The van der Waals surface area contributed by atoms with Gasteiger partial charge in [0.05, 0.1) is 12.8 Å². The molecule has 2 heterocycles. The van der Waals surface area contributed by atoms with Crippen LogP contribution in [0.3, 0.4) is 0 Å². The molecule has 1 atom stereocenters. The zero-order chi connectivity index (χ0) is 19.8. The number of rotatable bonds is 3. The number of hydrogen-bond donors (Lipinski definition) is 0. The van der Waals surface area contributed by atoms with E-state index in [1.165, 1.54) is 0 Å². The van der Waals surface area contributed by atoms with E-state index in [0.717, 1.165) is 28.1 Å². The molecule has 5 nitrogen and oxygen atoms in total. The summed E-state index contributed by atoms with van der Waals surface area (Å²) in [5, 5.41) is 0.664. The molecule has 0 N–H and O–H groups in total. The summed E-state index contributed by atoms with van der Waals surface area (Å²) in [6.45, 7) is 1.05. The van der Waals surface area contributed by atoms with Gasteiger partial charge in [-0.15, -0.1) is 0 Å². The lowest BCUT2D eigenvalue weighted by Crippen LogP contribution is -2.20. The van der Waals surface area contributed by atoms with Crippen molar-refractivity contribution in [2.75, 3.05) is 20.3 Å². The van der Waals surface area contributed by atoms with E-state index in [9.17, 15) is 0 Å². The van der Waals surface area contributed by atoms with Gasteiger partial charge in [0.2, 0.25) is 5.90 Å². The SMILES string of the molecule is COc1ccc(C2OC(c3ccc(Cl)cc3)=Nc3cc4c(cc32)OCCO4)cc1. The summed E-state index contributed by atoms with van der Waals surface area (Å²) in [6, 6.07) is 19.1. The summed E-state index contributed by atoms with van der Waals surface area (Å²) in [7, 11) is 1.65. The third kappa shape index (κ3) is 3.38. The average molecular weight is 408 g/mol. The molecule has 29 heavy (non-hydrogen) atoms. The summed E-state index contributed by atoms with van der Waals surface area (Å²) in [5.41, 5.74) is 3.57. The Balaban J connectivity index is 1.63. The maximum Gasteiger partial charge on any atom is 0.222 e. The van der Waals surface area contributed by atoms with Crippen LogP contribution in [0.4, 0.5) is 5.69 Å². The summed E-state index contributed by atoms with van der Waals surface area (Å²) in [5.74, 6) is 2.73. The molecule has 146 valence electrons. The number of methoxy groups -OCH3 is 1. The number of nitrogens with zero attached hydrogens (tertiary/aromatic N) is 1. The van der Waals surface area contributed by atoms with Gasteiger partial charge in [0.1, 0.15) is 19.0 Å². The lowest BCUT2D eigenvalue weighted by molar-refractivity contribution is 0.170. The van der Waals surface area contributed by atoms with Crippen molar-refractivity contribution in [3.63, 3.8) is 0 Å². The standard InChI is InChI=1S/C23H18ClNO4/c1-26-17-8-4-14(5-9-17)22-18-12-20-21(28-11-10-27-20)13-19(18)25-23(29-22)15-2-6-16(24)7-3-15/h2-9,12-13,22H,10-11H2,1H3. The smallest absolute Gasteiger partial charge is 0.222 e. The van der Waals surface area contributed by atoms with Crippen molar-refractivity contribution in [2.24, 2.45) is 4.99 Å². The molecule has 0 aromatic heterocycles. The van der Waals surface area contributed by atoms with E-state index in [-0.39, 0.29) is 6.10 Å². The summed E-state index contributed by atoms with van der Waals surface area (Å²) >= 11 is 6.04. The van der Waals surface area contributed by atoms with Gasteiger partial charge >= 0.3 is 0 Å². The molecule has 3 aromatic rings. The fourth-order valence-corrected chi connectivity index (χ4v) is 3.59. The van der Waals surface area contributed by atoms with Crippen molar-refractivity contribution in [3.05, 3.63) is 82.4 Å². The van der Waals surface area contributed by atoms with Crippen LogP contribution in [0.2, 0.25) is 5.02 Å². The van der Waals surface area contributed by atoms with Crippen LogP contribution in [0.15, 0.2) is 65.7 Å². The van der Waals surface area contributed by atoms with E-state index in [2.05, 4.69) is 0 Å². The normalized spacial score (nSPS) is 17.0. The molecule has 0 radical (unpaired) electrons. The molecule has 0 spiro atoms. The van der Waals surface area contributed by atoms with Gasteiger partial charge in [-0.2, -0.15) is 0 Å². The maximum atomic E-state index is 6.36. The Bertz CT molecular complexity index is 1080. The lowest BCUT2D eigenvalue weighted by Gasteiger charge is -2.29. The minimum Gasteiger partial charge on any atom is -0.497 e. The van der Waals surface area contributed by atoms with Gasteiger partial charge in [-0.3, -0.25) is 0 Å². The number of fused-ring (bicyclic) bond motifs is 2. The van der Waals surface area contributed by atoms with Gasteiger partial charge < -0.3 is 18.9 Å². The molecule has 3 aromatic carbocycles. The molecule has 0 amide bonds. The number of halogens is 1. The van der Waals surface area contributed by atoms with Crippen LogP contribution in [0.25, 0.3) is 0 Å². The Kier molecular flexibility index (Phi) is 4.52. The van der Waals surface area contributed by atoms with Crippen molar-refractivity contribution < 1.29 is 18.9 Å². The Labute approximate surface area is 173 Å². The zero-order valence-corrected chi connectivity index (χ0v) is 16.5. The third-order valence-corrected chi connectivity index (χ3v) is 5.19. The fourth-order valence-electron chi connectivity index (χ4n) is 3.46. The highest BCUT2D eigenvalue weighted by Gasteiger charge is 2.29. The van der Waals surface area contributed by atoms with Crippen molar-refractivity contribution in [1.82, 2.24) is 0 Å². The van der Waals surface area contributed by atoms with Gasteiger partial charge in [0.25, 0.3) is 0 Å². The minimum absolute atomic E-state index is 0.338. The molecule has 0 fully saturated rings. The molecule has 5 rings (SSSR count). The largest absolute Gasteiger partial charge is 0.497 e. The van der Waals surface area contributed by atoms with E-state index < -0.39 is 0 Å². The second-order valence-electron chi connectivity index (χ2n) is 6.75. The summed E-state index contributed by atoms with van der Waals surface area (Å²) in [6.07, 6.45) is -0.338. The van der Waals surface area contributed by atoms with Gasteiger partial charge in [-0.25, -0.2) is 4.99 Å². The molecule has 0 saturated heterocycles. The van der Waals surface area contributed by atoms with Gasteiger partial charge in [0, 0.05) is 22.2 Å². The van der Waals surface area contributed by atoms with E-state index in [0.29, 0.717) is 35.6 Å². The second-order valence-corrected chi connectivity index (χ2v) is 7.19. The van der Waals surface area contributed by atoms with Crippen LogP contribution < -0.4 is 14.2 Å². The second kappa shape index (κ2) is 7.33. The highest BCUT2D eigenvalue weighted by atomic mass is 35.5. The van der Waals surface area contributed by atoms with Crippen LogP contribution in [0, 0.1) is 0 Å². The third-order valence-electron chi connectivity index (χ3n) is 4.94. The predicted octanol–water partition coefficient (Wildman–Crippen LogP) is 5.32. The Morgan fingerprint density at radius 3 is 2.31 bits per heavy atom. The molecule has 2 aliphatic rings. The van der Waals surface area contributed by atoms with E-state index in [1.807, 2.05) is 60.7 Å². The quantitative estimate of drug-likeness (QED) is 0.589. The fraction of sp³-hybridized carbons (Fsp3) is 0.174. The Morgan fingerprint density at radius 2 is 1.62 bits per heavy atom. The average Bonchev–Trinajstić information content (AvgIpc) is 2.77. The minimum atomic E-state index is -0.338. The van der Waals surface area contributed by atoms with E-state index in [4.69, 9.17) is 35.5 Å². The number of ether oxygens (including phenoxy) is 4. The van der Waals surface area contributed by atoms with Gasteiger partial charge in [0.15, 0.2) is 17.6 Å². The van der Waals surface area contributed by atoms with Crippen LogP contribution in [0.5, 0.6) is 17.2 Å². The number of aliphatic imine (C=N–C) groups is 1. The van der Waals surface area contributed by atoms with Crippen LogP contribution >= 0.6 is 11.6 Å². The van der Waals surface area contributed by atoms with Crippen molar-refractivity contribution >= 4 is 23.2 Å². The first kappa shape index (κ1) is 17.9. The lowest BCUT2D eigenvalue weighted by atomic mass is 9.97. The maximum absolute atomic E-state index is 6.36. The first-order valence-electron chi connectivity index (χ1n) is 9.30. The first-order chi connectivity index (χ1) is 14.2. The van der Waals surface area contributed by atoms with Crippen molar-refractivity contribution in [3.8, 4) is 17.2 Å². The summed E-state index contributed by atoms with van der Waals surface area (Å²) in [4.78, 5) is 4.75. The van der Waals surface area contributed by atoms with Crippen molar-refractivity contribution in [1.29, 1.82) is 0 Å². The molecule has 0 aliphatic carbocycles. The summed E-state index contributed by atoms with van der Waals surface area (Å²) < 4.78 is 23.2. The Hall–Kier alpha value is -3.18. The topological polar surface area (TPSA) is 49.3 Å². The van der Waals surface area contributed by atoms with Crippen LogP contribution in [0.1, 0.15) is 22.8 Å². The highest BCUT2D eigenvalue weighted by Crippen LogP contribution is 2.45. The molecule has 0 saturated carbocycles. The Morgan fingerprint density at radius 1 is 0.931 bits per heavy atom. The molecule has 6 heteroatoms. The molecule has 0 bridgehead atoms. The number of hydrogen-bond acceptors (Lipinski definition) is 5. The highest BCUT2D eigenvalue weighted by molar-refractivity contribution is 6.30. The first-order valence-corrected chi connectivity index (χ1v) is 9.68.